The number of hydrogen-bond donors (Lipinski definition) is 0. The van der Waals surface area contributed by atoms with E-state index in [4.69, 9.17) is 4.98 Å². The van der Waals surface area contributed by atoms with Crippen LogP contribution in [0.1, 0.15) is 0 Å². The topological polar surface area (TPSA) is 17.3 Å². The van der Waals surface area contributed by atoms with Crippen molar-refractivity contribution in [3.8, 4) is 11.1 Å². The van der Waals surface area contributed by atoms with Crippen LogP contribution in [0.4, 0.5) is 0 Å². The van der Waals surface area contributed by atoms with Crippen molar-refractivity contribution in [3.63, 3.8) is 0 Å². The Bertz CT molecular complexity index is 2090. The molecule has 0 saturated heterocycles. The standard InChI is InChI=1S/C37H27N2P/c1-3-12-32-26(2)37-38-34-17-10-11-18-36(34)39(37)35-24-21-28(25-33(32)35)27-19-22-31(23-20-27)40(29-13-6-4-7-14-29)30-15-8-5-9-16-30/h3-25H,1-2H2/b32-12+. The van der Waals surface area contributed by atoms with Gasteiger partial charge in [0, 0.05) is 10.6 Å². The summed E-state index contributed by atoms with van der Waals surface area (Å²) < 4.78 is 2.23. The first-order valence-corrected chi connectivity index (χ1v) is 14.7. The van der Waals surface area contributed by atoms with Gasteiger partial charge in [-0.1, -0.05) is 128 Å². The summed E-state index contributed by atoms with van der Waals surface area (Å²) in [5.41, 5.74) is 6.41. The van der Waals surface area contributed by atoms with Crippen LogP contribution in [0.5, 0.6) is 0 Å². The predicted molar refractivity (Wildman–Crippen MR) is 174 cm³/mol. The molecule has 40 heavy (non-hydrogen) atoms. The minimum atomic E-state index is -0.636. The molecule has 7 rings (SSSR count). The van der Waals surface area contributed by atoms with Gasteiger partial charge >= 0.3 is 0 Å². The molecule has 190 valence electrons. The monoisotopic (exact) mass is 530 g/mol. The highest BCUT2D eigenvalue weighted by Crippen LogP contribution is 2.34. The lowest BCUT2D eigenvalue weighted by molar-refractivity contribution is 1.27. The van der Waals surface area contributed by atoms with Gasteiger partial charge in [0.05, 0.1) is 16.6 Å². The lowest BCUT2D eigenvalue weighted by Crippen LogP contribution is -2.27. The van der Waals surface area contributed by atoms with E-state index in [1.54, 1.807) is 0 Å². The summed E-state index contributed by atoms with van der Waals surface area (Å²) in [6, 6.07) is 45.7. The van der Waals surface area contributed by atoms with Crippen molar-refractivity contribution in [3.05, 3.63) is 150 Å². The van der Waals surface area contributed by atoms with Gasteiger partial charge in [0.2, 0.25) is 0 Å². The molecule has 2 nitrogen and oxygen atoms in total. The average Bonchev–Trinajstić information content (AvgIpc) is 3.41. The molecule has 2 heterocycles. The van der Waals surface area contributed by atoms with Crippen molar-refractivity contribution < 1.29 is 0 Å². The third kappa shape index (κ3) is 4.06. The van der Waals surface area contributed by atoms with Gasteiger partial charge in [-0.2, -0.15) is 0 Å². The number of allylic oxidation sites excluding steroid dienone is 1. The first kappa shape index (κ1) is 24.3. The largest absolute Gasteiger partial charge is 0.292 e. The number of rotatable bonds is 5. The maximum absolute atomic E-state index is 4.91. The molecule has 0 aliphatic rings. The van der Waals surface area contributed by atoms with Gasteiger partial charge in [-0.3, -0.25) is 4.40 Å². The van der Waals surface area contributed by atoms with E-state index in [2.05, 4.69) is 139 Å². The van der Waals surface area contributed by atoms with Crippen molar-refractivity contribution in [2.45, 2.75) is 0 Å². The molecule has 2 aromatic heterocycles. The van der Waals surface area contributed by atoms with E-state index in [0.29, 0.717) is 0 Å². The van der Waals surface area contributed by atoms with Crippen LogP contribution in [0, 0.1) is 0 Å². The summed E-state index contributed by atoms with van der Waals surface area (Å²) in [5, 5.41) is 7.15. The second-order valence-corrected chi connectivity index (χ2v) is 12.1. The van der Waals surface area contributed by atoms with E-state index in [-0.39, 0.29) is 0 Å². The summed E-state index contributed by atoms with van der Waals surface area (Å²) in [4.78, 5) is 4.91. The molecule has 0 bridgehead atoms. The molecular formula is C37H27N2P. The fourth-order valence-electron chi connectivity index (χ4n) is 5.59. The maximum Gasteiger partial charge on any atom is 0.145 e. The quantitative estimate of drug-likeness (QED) is 0.234. The Balaban J connectivity index is 1.38. The Labute approximate surface area is 234 Å². The lowest BCUT2D eigenvalue weighted by Gasteiger charge is -2.19. The van der Waals surface area contributed by atoms with Crippen molar-refractivity contribution in [1.29, 1.82) is 0 Å². The van der Waals surface area contributed by atoms with Crippen LogP contribution in [0.3, 0.4) is 0 Å². The molecule has 0 atom stereocenters. The van der Waals surface area contributed by atoms with Gasteiger partial charge in [0.25, 0.3) is 0 Å². The number of benzene rings is 5. The van der Waals surface area contributed by atoms with Gasteiger partial charge < -0.3 is 0 Å². The van der Waals surface area contributed by atoms with Gasteiger partial charge in [-0.05, 0) is 64.4 Å². The molecule has 0 saturated carbocycles. The second-order valence-electron chi connectivity index (χ2n) is 9.84. The highest BCUT2D eigenvalue weighted by Gasteiger charge is 2.16. The normalized spacial score (nSPS) is 12.1. The maximum atomic E-state index is 4.91. The van der Waals surface area contributed by atoms with Gasteiger partial charge in [0.15, 0.2) is 0 Å². The molecule has 5 aromatic carbocycles. The van der Waals surface area contributed by atoms with Crippen LogP contribution in [-0.2, 0) is 0 Å². The predicted octanol–water partition coefficient (Wildman–Crippen LogP) is 6.44. The van der Waals surface area contributed by atoms with Crippen LogP contribution < -0.4 is 26.4 Å². The van der Waals surface area contributed by atoms with Crippen LogP contribution in [0.15, 0.2) is 140 Å². The van der Waals surface area contributed by atoms with E-state index in [1.807, 2.05) is 18.2 Å². The molecule has 0 aliphatic heterocycles. The van der Waals surface area contributed by atoms with Crippen LogP contribution in [-0.4, -0.2) is 9.38 Å². The fraction of sp³-hybridized carbons (Fsp3) is 0. The number of aromatic nitrogens is 2. The summed E-state index contributed by atoms with van der Waals surface area (Å²) in [6.45, 7) is 8.42. The number of para-hydroxylation sites is 2. The second kappa shape index (κ2) is 10.1. The van der Waals surface area contributed by atoms with Crippen molar-refractivity contribution in [2.75, 3.05) is 0 Å². The fourth-order valence-corrected chi connectivity index (χ4v) is 7.88. The van der Waals surface area contributed by atoms with Crippen LogP contribution in [0.2, 0.25) is 0 Å². The summed E-state index contributed by atoms with van der Waals surface area (Å²) in [7, 11) is -0.636. The molecule has 0 N–H and O–H groups in total. The van der Waals surface area contributed by atoms with Gasteiger partial charge in [0.1, 0.15) is 5.65 Å². The third-order valence-electron chi connectivity index (χ3n) is 7.46. The summed E-state index contributed by atoms with van der Waals surface area (Å²) in [6.07, 6.45) is 3.88. The Morgan fingerprint density at radius 1 is 0.625 bits per heavy atom. The highest BCUT2D eigenvalue weighted by atomic mass is 31.1. The first-order chi connectivity index (χ1) is 19.7. The molecule has 0 aliphatic carbocycles. The zero-order valence-electron chi connectivity index (χ0n) is 22.0. The van der Waals surface area contributed by atoms with Crippen molar-refractivity contribution in [2.24, 2.45) is 0 Å². The SMILES string of the molecule is C=C/C=c1\c(=C)c2nc3ccccc3n2c2ccc(-c3ccc(P(c4ccccc4)c4ccccc4)cc3)cc12. The minimum absolute atomic E-state index is 0.636. The zero-order chi connectivity index (χ0) is 27.1. The van der Waals surface area contributed by atoms with Crippen LogP contribution in [0.25, 0.3) is 51.4 Å². The highest BCUT2D eigenvalue weighted by molar-refractivity contribution is 7.79. The Kier molecular flexibility index (Phi) is 6.11. The third-order valence-corrected chi connectivity index (χ3v) is 9.90. The molecule has 0 unspecified atom stereocenters. The summed E-state index contributed by atoms with van der Waals surface area (Å²) in [5.74, 6) is 0. The number of pyridine rings is 1. The summed E-state index contributed by atoms with van der Waals surface area (Å²) >= 11 is 0. The Morgan fingerprint density at radius 2 is 1.23 bits per heavy atom. The number of fused-ring (bicyclic) bond motifs is 5. The zero-order valence-corrected chi connectivity index (χ0v) is 22.9. The minimum Gasteiger partial charge on any atom is -0.292 e. The molecule has 3 heteroatoms. The first-order valence-electron chi connectivity index (χ1n) is 13.4. The van der Waals surface area contributed by atoms with E-state index in [1.165, 1.54) is 27.0 Å². The van der Waals surface area contributed by atoms with E-state index < -0.39 is 7.92 Å². The molecular weight excluding hydrogens is 503 g/mol. The van der Waals surface area contributed by atoms with Gasteiger partial charge in [-0.15, -0.1) is 0 Å². The number of hydrogen-bond acceptors (Lipinski definition) is 1. The molecule has 7 aromatic rings. The Hall–Kier alpha value is -4.78. The van der Waals surface area contributed by atoms with Crippen molar-refractivity contribution >= 4 is 64.1 Å². The number of imidazole rings is 1. The van der Waals surface area contributed by atoms with Crippen LogP contribution >= 0.6 is 7.92 Å². The lowest BCUT2D eigenvalue weighted by atomic mass is 10.0. The molecule has 0 amide bonds. The van der Waals surface area contributed by atoms with Gasteiger partial charge in [-0.25, -0.2) is 4.98 Å². The van der Waals surface area contributed by atoms with E-state index in [0.717, 1.165) is 38.0 Å². The van der Waals surface area contributed by atoms with Crippen molar-refractivity contribution in [1.82, 2.24) is 9.38 Å². The molecule has 0 radical (unpaired) electrons. The Morgan fingerprint density at radius 3 is 1.90 bits per heavy atom. The smallest absolute Gasteiger partial charge is 0.145 e. The molecule has 0 spiro atoms. The average molecular weight is 531 g/mol. The van der Waals surface area contributed by atoms with E-state index >= 15 is 0 Å². The number of nitrogens with zero attached hydrogens (tertiary/aromatic N) is 2. The van der Waals surface area contributed by atoms with E-state index in [9.17, 15) is 0 Å². The molecule has 0 fully saturated rings.